The summed E-state index contributed by atoms with van der Waals surface area (Å²) >= 11 is 0. The van der Waals surface area contributed by atoms with Crippen molar-refractivity contribution in [1.29, 1.82) is 0 Å². The van der Waals surface area contributed by atoms with Crippen molar-refractivity contribution in [2.45, 2.75) is 13.1 Å². The minimum Gasteiger partial charge on any atom is -0.481 e. The molecule has 0 heterocycles. The van der Waals surface area contributed by atoms with Gasteiger partial charge in [0.15, 0.2) is 24.0 Å². The minimum atomic E-state index is -4.52. The molecule has 0 aliphatic carbocycles. The average Bonchev–Trinajstić information content (AvgIpc) is 2.14. The SMILES string of the molecule is CC(=O)c1ccc(OCC(F)(F)F)c(F)c1. The Kier molecular flexibility index (Phi) is 3.51. The van der Waals surface area contributed by atoms with Gasteiger partial charge in [0.1, 0.15) is 0 Å². The number of alkyl halides is 3. The van der Waals surface area contributed by atoms with Gasteiger partial charge in [0.25, 0.3) is 0 Å². The second kappa shape index (κ2) is 4.51. The van der Waals surface area contributed by atoms with Gasteiger partial charge in [0.05, 0.1) is 0 Å². The van der Waals surface area contributed by atoms with Gasteiger partial charge in [-0.1, -0.05) is 0 Å². The molecule has 0 saturated heterocycles. The molecule has 0 saturated carbocycles. The van der Waals surface area contributed by atoms with Crippen LogP contribution in [0, 0.1) is 5.82 Å². The Hall–Kier alpha value is -1.59. The molecule has 0 unspecified atom stereocenters. The highest BCUT2D eigenvalue weighted by atomic mass is 19.4. The molecule has 0 bridgehead atoms. The molecule has 1 aromatic rings. The molecule has 1 rings (SSSR count). The van der Waals surface area contributed by atoms with E-state index in [1.807, 2.05) is 0 Å². The molecule has 0 fully saturated rings. The van der Waals surface area contributed by atoms with Crippen molar-refractivity contribution >= 4 is 5.78 Å². The Morgan fingerprint density at radius 3 is 2.44 bits per heavy atom. The summed E-state index contributed by atoms with van der Waals surface area (Å²) in [5.41, 5.74) is 0.0804. The quantitative estimate of drug-likeness (QED) is 0.595. The molecule has 1 aromatic carbocycles. The van der Waals surface area contributed by atoms with Gasteiger partial charge in [-0.2, -0.15) is 13.2 Å². The summed E-state index contributed by atoms with van der Waals surface area (Å²) in [6.07, 6.45) is -4.52. The molecule has 0 N–H and O–H groups in total. The summed E-state index contributed by atoms with van der Waals surface area (Å²) in [6, 6.07) is 3.04. The van der Waals surface area contributed by atoms with Crippen LogP contribution in [0.15, 0.2) is 18.2 Å². The number of Topliss-reactive ketones (excluding diaryl/α,β-unsaturated/α-hetero) is 1. The third-order valence-corrected chi connectivity index (χ3v) is 1.73. The first-order valence-corrected chi connectivity index (χ1v) is 4.29. The van der Waals surface area contributed by atoms with E-state index in [1.54, 1.807) is 0 Å². The molecule has 6 heteroatoms. The van der Waals surface area contributed by atoms with Crippen LogP contribution in [-0.2, 0) is 0 Å². The Labute approximate surface area is 88.8 Å². The predicted molar refractivity (Wildman–Crippen MR) is 48.0 cm³/mol. The van der Waals surface area contributed by atoms with Crippen molar-refractivity contribution in [3.8, 4) is 5.75 Å². The number of ether oxygens (including phenoxy) is 1. The van der Waals surface area contributed by atoms with Gasteiger partial charge < -0.3 is 4.74 Å². The van der Waals surface area contributed by atoms with Crippen LogP contribution in [-0.4, -0.2) is 18.6 Å². The molecule has 88 valence electrons. The number of rotatable bonds is 3. The zero-order valence-corrected chi connectivity index (χ0v) is 8.27. The smallest absolute Gasteiger partial charge is 0.422 e. The first-order chi connectivity index (χ1) is 7.29. The lowest BCUT2D eigenvalue weighted by atomic mass is 10.1. The highest BCUT2D eigenvalue weighted by Crippen LogP contribution is 2.22. The third-order valence-electron chi connectivity index (χ3n) is 1.73. The Balaban J connectivity index is 2.80. The van der Waals surface area contributed by atoms with Crippen molar-refractivity contribution in [3.05, 3.63) is 29.6 Å². The van der Waals surface area contributed by atoms with Crippen LogP contribution in [0.4, 0.5) is 17.6 Å². The maximum absolute atomic E-state index is 13.1. The first-order valence-electron chi connectivity index (χ1n) is 4.29. The monoisotopic (exact) mass is 236 g/mol. The van der Waals surface area contributed by atoms with Crippen molar-refractivity contribution < 1.29 is 27.1 Å². The van der Waals surface area contributed by atoms with E-state index >= 15 is 0 Å². The zero-order valence-electron chi connectivity index (χ0n) is 8.27. The Morgan fingerprint density at radius 2 is 2.00 bits per heavy atom. The molecule has 0 spiro atoms. The number of carbonyl (C=O) groups excluding carboxylic acids is 1. The maximum Gasteiger partial charge on any atom is 0.422 e. The standard InChI is InChI=1S/C10H8F4O2/c1-6(15)7-2-3-9(8(11)4-7)16-5-10(12,13)14/h2-4H,5H2,1H3. The zero-order chi connectivity index (χ0) is 12.3. The van der Waals surface area contributed by atoms with E-state index in [4.69, 9.17) is 0 Å². The number of carbonyl (C=O) groups is 1. The Bertz CT molecular complexity index is 398. The summed E-state index contributed by atoms with van der Waals surface area (Å²) in [4.78, 5) is 10.8. The highest BCUT2D eigenvalue weighted by Gasteiger charge is 2.28. The van der Waals surface area contributed by atoms with E-state index in [-0.39, 0.29) is 11.3 Å². The lowest BCUT2D eigenvalue weighted by Crippen LogP contribution is -2.19. The third kappa shape index (κ3) is 3.52. The van der Waals surface area contributed by atoms with Gasteiger partial charge >= 0.3 is 6.18 Å². The van der Waals surface area contributed by atoms with Gasteiger partial charge in [-0.25, -0.2) is 4.39 Å². The molecule has 0 aliphatic rings. The molecule has 0 amide bonds. The van der Waals surface area contributed by atoms with E-state index in [2.05, 4.69) is 4.74 Å². The van der Waals surface area contributed by atoms with Crippen LogP contribution >= 0.6 is 0 Å². The fourth-order valence-corrected chi connectivity index (χ4v) is 0.996. The molecular weight excluding hydrogens is 228 g/mol. The van der Waals surface area contributed by atoms with Crippen molar-refractivity contribution in [2.24, 2.45) is 0 Å². The Morgan fingerprint density at radius 1 is 1.38 bits per heavy atom. The largest absolute Gasteiger partial charge is 0.481 e. The molecule has 0 aliphatic heterocycles. The molecular formula is C10H8F4O2. The second-order valence-electron chi connectivity index (χ2n) is 3.11. The van der Waals surface area contributed by atoms with Crippen LogP contribution in [0.3, 0.4) is 0 Å². The summed E-state index contributed by atoms with van der Waals surface area (Å²) in [7, 11) is 0. The van der Waals surface area contributed by atoms with Gasteiger partial charge in [-0.3, -0.25) is 4.79 Å². The highest BCUT2D eigenvalue weighted by molar-refractivity contribution is 5.94. The minimum absolute atomic E-state index is 0.0804. The lowest BCUT2D eigenvalue weighted by molar-refractivity contribution is -0.153. The summed E-state index contributed by atoms with van der Waals surface area (Å²) < 4.78 is 52.7. The number of benzene rings is 1. The van der Waals surface area contributed by atoms with E-state index in [0.29, 0.717) is 0 Å². The molecule has 0 radical (unpaired) electrons. The molecule has 0 aromatic heterocycles. The summed E-state index contributed by atoms with van der Waals surface area (Å²) in [6.45, 7) is -0.339. The number of ketones is 1. The maximum atomic E-state index is 13.1. The van der Waals surface area contributed by atoms with Gasteiger partial charge in [0, 0.05) is 5.56 Å². The van der Waals surface area contributed by atoms with E-state index in [0.717, 1.165) is 12.1 Å². The van der Waals surface area contributed by atoms with Crippen LogP contribution in [0.5, 0.6) is 5.75 Å². The van der Waals surface area contributed by atoms with E-state index in [1.165, 1.54) is 13.0 Å². The van der Waals surface area contributed by atoms with Gasteiger partial charge in [0.2, 0.25) is 0 Å². The first kappa shape index (κ1) is 12.5. The van der Waals surface area contributed by atoms with Crippen molar-refractivity contribution in [2.75, 3.05) is 6.61 Å². The van der Waals surface area contributed by atoms with Crippen molar-refractivity contribution in [1.82, 2.24) is 0 Å². The van der Waals surface area contributed by atoms with Crippen molar-refractivity contribution in [3.63, 3.8) is 0 Å². The summed E-state index contributed by atoms with van der Waals surface area (Å²) in [5, 5.41) is 0. The molecule has 2 nitrogen and oxygen atoms in total. The van der Waals surface area contributed by atoms with Crippen LogP contribution in [0.1, 0.15) is 17.3 Å². The summed E-state index contributed by atoms with van der Waals surface area (Å²) in [5.74, 6) is -1.89. The number of hydrogen-bond donors (Lipinski definition) is 0. The molecule has 16 heavy (non-hydrogen) atoms. The normalized spacial score (nSPS) is 11.3. The van der Waals surface area contributed by atoms with Crippen LogP contribution in [0.2, 0.25) is 0 Å². The number of halogens is 4. The lowest BCUT2D eigenvalue weighted by Gasteiger charge is -2.10. The van der Waals surface area contributed by atoms with Gasteiger partial charge in [-0.05, 0) is 25.1 Å². The topological polar surface area (TPSA) is 26.3 Å². The van der Waals surface area contributed by atoms with E-state index < -0.39 is 24.3 Å². The fraction of sp³-hybridized carbons (Fsp3) is 0.300. The van der Waals surface area contributed by atoms with E-state index in [9.17, 15) is 22.4 Å². The predicted octanol–water partition coefficient (Wildman–Crippen LogP) is 2.97. The second-order valence-corrected chi connectivity index (χ2v) is 3.11. The molecule has 0 atom stereocenters. The van der Waals surface area contributed by atoms with Gasteiger partial charge in [-0.15, -0.1) is 0 Å². The van der Waals surface area contributed by atoms with Crippen LogP contribution in [0.25, 0.3) is 0 Å². The average molecular weight is 236 g/mol. The van der Waals surface area contributed by atoms with Crippen LogP contribution < -0.4 is 4.74 Å². The number of hydrogen-bond acceptors (Lipinski definition) is 2. The fourth-order valence-electron chi connectivity index (χ4n) is 0.996.